The van der Waals surface area contributed by atoms with Gasteiger partial charge in [0.25, 0.3) is 5.91 Å². The van der Waals surface area contributed by atoms with Crippen LogP contribution in [0.3, 0.4) is 0 Å². The van der Waals surface area contributed by atoms with Crippen LogP contribution in [0.15, 0.2) is 60.8 Å². The summed E-state index contributed by atoms with van der Waals surface area (Å²) in [5.74, 6) is -0.382. The van der Waals surface area contributed by atoms with Crippen LogP contribution in [0.1, 0.15) is 16.1 Å². The monoisotopic (exact) mass is 382 g/mol. The van der Waals surface area contributed by atoms with Crippen LogP contribution in [0.25, 0.3) is 0 Å². The number of rotatable bonds is 4. The number of hydrogen-bond acceptors (Lipinski definition) is 4. The number of amides is 1. The second-order valence-corrected chi connectivity index (χ2v) is 6.17. The van der Waals surface area contributed by atoms with Crippen molar-refractivity contribution in [1.29, 1.82) is 5.26 Å². The summed E-state index contributed by atoms with van der Waals surface area (Å²) >= 11 is 11.9. The number of nitrogens with zero attached hydrogens (tertiary/aromatic N) is 2. The summed E-state index contributed by atoms with van der Waals surface area (Å²) in [4.78, 5) is 16.4. The lowest BCUT2D eigenvalue weighted by Crippen LogP contribution is -2.13. The first-order valence-electron chi connectivity index (χ1n) is 7.55. The van der Waals surface area contributed by atoms with E-state index in [4.69, 9.17) is 28.5 Å². The molecule has 0 radical (unpaired) electrons. The first kappa shape index (κ1) is 17.7. The lowest BCUT2D eigenvalue weighted by molar-refractivity contribution is 0.102. The van der Waals surface area contributed by atoms with Crippen molar-refractivity contribution in [1.82, 2.24) is 4.98 Å². The molecule has 2 aromatic carbocycles. The van der Waals surface area contributed by atoms with Crippen molar-refractivity contribution in [2.24, 2.45) is 0 Å². The van der Waals surface area contributed by atoms with Crippen molar-refractivity contribution in [3.05, 3.63) is 82.1 Å². The summed E-state index contributed by atoms with van der Waals surface area (Å²) in [7, 11) is 0. The third-order valence-electron chi connectivity index (χ3n) is 3.46. The molecule has 1 aromatic heterocycles. The minimum atomic E-state index is -0.382. The standard InChI is InChI=1S/C19H12Cl2N4O/c20-13-4-6-17(16(21)9-13)25-19(26)18-7-5-15(11-23-18)24-14-3-1-2-12(8-14)10-22/h1-9,11,24H,(H,25,26). The topological polar surface area (TPSA) is 77.8 Å². The van der Waals surface area contributed by atoms with Crippen LogP contribution in [0.5, 0.6) is 0 Å². The van der Waals surface area contributed by atoms with E-state index in [-0.39, 0.29) is 11.6 Å². The Bertz CT molecular complexity index is 997. The molecule has 0 spiro atoms. The van der Waals surface area contributed by atoms with Crippen LogP contribution in [0, 0.1) is 11.3 Å². The van der Waals surface area contributed by atoms with Gasteiger partial charge in [0.2, 0.25) is 0 Å². The van der Waals surface area contributed by atoms with Crippen molar-refractivity contribution >= 4 is 46.2 Å². The number of carbonyl (C=O) groups is 1. The maximum Gasteiger partial charge on any atom is 0.274 e. The maximum atomic E-state index is 12.3. The van der Waals surface area contributed by atoms with Crippen LogP contribution < -0.4 is 10.6 Å². The predicted octanol–water partition coefficient (Wildman–Crippen LogP) is 5.26. The third kappa shape index (κ3) is 4.31. The van der Waals surface area contributed by atoms with E-state index in [1.54, 1.807) is 48.5 Å². The quantitative estimate of drug-likeness (QED) is 0.645. The highest BCUT2D eigenvalue weighted by atomic mass is 35.5. The Morgan fingerprint density at radius 1 is 1.04 bits per heavy atom. The van der Waals surface area contributed by atoms with Gasteiger partial charge in [0, 0.05) is 10.7 Å². The second kappa shape index (κ2) is 7.87. The fourth-order valence-electron chi connectivity index (χ4n) is 2.21. The number of aromatic nitrogens is 1. The molecule has 0 bridgehead atoms. The van der Waals surface area contributed by atoms with Crippen LogP contribution in [0.4, 0.5) is 17.1 Å². The smallest absolute Gasteiger partial charge is 0.274 e. The van der Waals surface area contributed by atoms with E-state index >= 15 is 0 Å². The molecule has 0 saturated carbocycles. The highest BCUT2D eigenvalue weighted by molar-refractivity contribution is 6.36. The van der Waals surface area contributed by atoms with Gasteiger partial charge < -0.3 is 10.6 Å². The highest BCUT2D eigenvalue weighted by Crippen LogP contribution is 2.26. The van der Waals surface area contributed by atoms with Crippen molar-refractivity contribution in [3.8, 4) is 6.07 Å². The Morgan fingerprint density at radius 3 is 2.58 bits per heavy atom. The number of carbonyl (C=O) groups excluding carboxylic acids is 1. The number of nitriles is 1. The van der Waals surface area contributed by atoms with Gasteiger partial charge >= 0.3 is 0 Å². The van der Waals surface area contributed by atoms with Gasteiger partial charge in [-0.3, -0.25) is 4.79 Å². The third-order valence-corrected chi connectivity index (χ3v) is 4.00. The number of nitrogens with one attached hydrogen (secondary N) is 2. The van der Waals surface area contributed by atoms with E-state index in [2.05, 4.69) is 21.7 Å². The van der Waals surface area contributed by atoms with Crippen LogP contribution >= 0.6 is 23.2 Å². The van der Waals surface area contributed by atoms with E-state index in [9.17, 15) is 4.79 Å². The van der Waals surface area contributed by atoms with Crippen LogP contribution in [0.2, 0.25) is 10.0 Å². The molecule has 7 heteroatoms. The zero-order chi connectivity index (χ0) is 18.5. The molecule has 1 heterocycles. The molecule has 0 aliphatic rings. The molecular formula is C19H12Cl2N4O. The molecular weight excluding hydrogens is 371 g/mol. The van der Waals surface area contributed by atoms with Gasteiger partial charge in [0.15, 0.2) is 0 Å². The lowest BCUT2D eigenvalue weighted by atomic mass is 10.2. The Kier molecular flexibility index (Phi) is 5.37. The summed E-state index contributed by atoms with van der Waals surface area (Å²) in [6.45, 7) is 0. The molecule has 0 unspecified atom stereocenters. The maximum absolute atomic E-state index is 12.3. The first-order valence-corrected chi connectivity index (χ1v) is 8.30. The molecule has 0 saturated heterocycles. The van der Waals surface area contributed by atoms with Gasteiger partial charge in [-0.15, -0.1) is 0 Å². The Hall–Kier alpha value is -3.07. The van der Waals surface area contributed by atoms with Gasteiger partial charge in [-0.25, -0.2) is 4.98 Å². The van der Waals surface area contributed by atoms with Gasteiger partial charge in [0.05, 0.1) is 34.2 Å². The Balaban J connectivity index is 1.70. The molecule has 3 aromatic rings. The van der Waals surface area contributed by atoms with Crippen molar-refractivity contribution in [2.75, 3.05) is 10.6 Å². The summed E-state index contributed by atoms with van der Waals surface area (Å²) in [5.41, 5.74) is 2.71. The van der Waals surface area contributed by atoms with Crippen molar-refractivity contribution < 1.29 is 4.79 Å². The molecule has 0 fully saturated rings. The summed E-state index contributed by atoms with van der Waals surface area (Å²) in [6, 6.07) is 17.3. The molecule has 5 nitrogen and oxygen atoms in total. The fraction of sp³-hybridized carbons (Fsp3) is 0. The van der Waals surface area contributed by atoms with Gasteiger partial charge in [-0.05, 0) is 48.5 Å². The predicted molar refractivity (Wildman–Crippen MR) is 103 cm³/mol. The van der Waals surface area contributed by atoms with Crippen molar-refractivity contribution in [2.45, 2.75) is 0 Å². The zero-order valence-electron chi connectivity index (χ0n) is 13.3. The van der Waals surface area contributed by atoms with Crippen molar-refractivity contribution in [3.63, 3.8) is 0 Å². The highest BCUT2D eigenvalue weighted by Gasteiger charge is 2.10. The van der Waals surface area contributed by atoms with Gasteiger partial charge in [-0.2, -0.15) is 5.26 Å². The first-order chi connectivity index (χ1) is 12.5. The number of benzene rings is 2. The zero-order valence-corrected chi connectivity index (χ0v) is 14.8. The Labute approximate surface area is 160 Å². The minimum Gasteiger partial charge on any atom is -0.354 e. The Morgan fingerprint density at radius 2 is 1.88 bits per heavy atom. The number of anilines is 3. The largest absolute Gasteiger partial charge is 0.354 e. The molecule has 26 heavy (non-hydrogen) atoms. The van der Waals surface area contributed by atoms with E-state index in [0.717, 1.165) is 5.69 Å². The van der Waals surface area contributed by atoms with E-state index in [0.29, 0.717) is 27.0 Å². The van der Waals surface area contributed by atoms with E-state index in [1.807, 2.05) is 6.07 Å². The summed E-state index contributed by atoms with van der Waals surface area (Å²) in [5, 5.41) is 15.6. The van der Waals surface area contributed by atoms with Gasteiger partial charge in [0.1, 0.15) is 5.69 Å². The van der Waals surface area contributed by atoms with Gasteiger partial charge in [-0.1, -0.05) is 29.3 Å². The van der Waals surface area contributed by atoms with Crippen LogP contribution in [-0.4, -0.2) is 10.9 Å². The summed E-state index contributed by atoms with van der Waals surface area (Å²) < 4.78 is 0. The SMILES string of the molecule is N#Cc1cccc(Nc2ccc(C(=O)Nc3ccc(Cl)cc3Cl)nc2)c1. The normalized spacial score (nSPS) is 10.0. The van der Waals surface area contributed by atoms with Crippen LogP contribution in [-0.2, 0) is 0 Å². The fourth-order valence-corrected chi connectivity index (χ4v) is 2.67. The molecule has 0 aliphatic heterocycles. The molecule has 0 aliphatic carbocycles. The average Bonchev–Trinajstić information content (AvgIpc) is 2.64. The molecule has 2 N–H and O–H groups in total. The second-order valence-electron chi connectivity index (χ2n) is 5.33. The number of halogens is 2. The molecule has 0 atom stereocenters. The average molecular weight is 383 g/mol. The minimum absolute atomic E-state index is 0.243. The summed E-state index contributed by atoms with van der Waals surface area (Å²) in [6.07, 6.45) is 1.54. The molecule has 1 amide bonds. The van der Waals surface area contributed by atoms with E-state index in [1.165, 1.54) is 6.20 Å². The lowest BCUT2D eigenvalue weighted by Gasteiger charge is -2.09. The van der Waals surface area contributed by atoms with E-state index < -0.39 is 0 Å². The number of hydrogen-bond donors (Lipinski definition) is 2. The molecule has 128 valence electrons. The molecule has 3 rings (SSSR count). The number of pyridine rings is 1.